The lowest BCUT2D eigenvalue weighted by Gasteiger charge is -2.12. The van der Waals surface area contributed by atoms with Gasteiger partial charge in [0.15, 0.2) is 0 Å². The Hall–Kier alpha value is 0.250. The Labute approximate surface area is 67.7 Å². The smallest absolute Gasteiger partial charge is 0.134 e. The normalized spacial score (nSPS) is 48.0. The molecule has 0 aliphatic carbocycles. The zero-order valence-corrected chi connectivity index (χ0v) is 7.56. The second-order valence-electron chi connectivity index (χ2n) is 3.15. The topological polar surface area (TPSA) is 9.23 Å². The van der Waals surface area contributed by atoms with Crippen molar-refractivity contribution in [2.75, 3.05) is 0 Å². The Balaban J connectivity index is 2.53. The van der Waals surface area contributed by atoms with Gasteiger partial charge in [-0.05, 0) is 12.3 Å². The summed E-state index contributed by atoms with van der Waals surface area (Å²) >= 11 is 5.91. The van der Waals surface area contributed by atoms with E-state index in [0.717, 1.165) is 6.42 Å². The van der Waals surface area contributed by atoms with E-state index in [0.29, 0.717) is 17.9 Å². The Kier molecular flexibility index (Phi) is 2.59. The monoisotopic (exact) mass is 162 g/mol. The molecule has 0 aromatic carbocycles. The molecule has 0 N–H and O–H groups in total. The lowest BCUT2D eigenvalue weighted by molar-refractivity contribution is 0.0701. The molecule has 1 rings (SSSR count). The fraction of sp³-hybridized carbons (Fsp3) is 1.00. The van der Waals surface area contributed by atoms with Gasteiger partial charge in [0, 0.05) is 5.92 Å². The summed E-state index contributed by atoms with van der Waals surface area (Å²) in [6, 6.07) is 0. The number of ether oxygens (including phenoxy) is 1. The van der Waals surface area contributed by atoms with Gasteiger partial charge < -0.3 is 4.74 Å². The number of rotatable bonds is 1. The van der Waals surface area contributed by atoms with Crippen LogP contribution in [0.4, 0.5) is 0 Å². The minimum absolute atomic E-state index is 0.0556. The maximum atomic E-state index is 5.91. The fourth-order valence-corrected chi connectivity index (χ4v) is 1.82. The average molecular weight is 163 g/mol. The minimum atomic E-state index is -0.0556. The molecule has 1 saturated heterocycles. The summed E-state index contributed by atoms with van der Waals surface area (Å²) in [5, 5.41) is 0. The molecule has 4 unspecified atom stereocenters. The lowest BCUT2D eigenvalue weighted by atomic mass is 9.93. The van der Waals surface area contributed by atoms with Crippen LogP contribution in [-0.4, -0.2) is 11.7 Å². The van der Waals surface area contributed by atoms with E-state index in [1.807, 2.05) is 0 Å². The van der Waals surface area contributed by atoms with Crippen LogP contribution in [-0.2, 0) is 4.74 Å². The third-order valence-corrected chi connectivity index (χ3v) is 3.04. The van der Waals surface area contributed by atoms with Crippen LogP contribution in [0.2, 0.25) is 0 Å². The predicted octanol–water partition coefficient (Wildman–Crippen LogP) is 2.63. The first kappa shape index (κ1) is 8.35. The summed E-state index contributed by atoms with van der Waals surface area (Å²) in [5.41, 5.74) is -0.0556. The van der Waals surface area contributed by atoms with Gasteiger partial charge in [0.1, 0.15) is 5.56 Å². The Morgan fingerprint density at radius 2 is 1.90 bits per heavy atom. The molecule has 0 aromatic rings. The summed E-state index contributed by atoms with van der Waals surface area (Å²) < 4.78 is 5.50. The molecular weight excluding hydrogens is 148 g/mol. The second kappa shape index (κ2) is 3.10. The van der Waals surface area contributed by atoms with Gasteiger partial charge in [-0.25, -0.2) is 0 Å². The van der Waals surface area contributed by atoms with E-state index in [4.69, 9.17) is 16.3 Å². The molecule has 4 atom stereocenters. The van der Waals surface area contributed by atoms with E-state index in [9.17, 15) is 0 Å². The highest BCUT2D eigenvalue weighted by molar-refractivity contribution is 6.20. The van der Waals surface area contributed by atoms with E-state index in [1.165, 1.54) is 0 Å². The van der Waals surface area contributed by atoms with E-state index < -0.39 is 0 Å². The van der Waals surface area contributed by atoms with Crippen molar-refractivity contribution in [1.82, 2.24) is 0 Å². The maximum Gasteiger partial charge on any atom is 0.134 e. The quantitative estimate of drug-likeness (QED) is 0.539. The Morgan fingerprint density at radius 1 is 1.30 bits per heavy atom. The highest BCUT2D eigenvalue weighted by Gasteiger charge is 2.36. The molecule has 0 amide bonds. The van der Waals surface area contributed by atoms with Crippen LogP contribution in [0.3, 0.4) is 0 Å². The third-order valence-electron chi connectivity index (χ3n) is 2.54. The van der Waals surface area contributed by atoms with Gasteiger partial charge in [0.25, 0.3) is 0 Å². The molecule has 2 heteroatoms. The highest BCUT2D eigenvalue weighted by atomic mass is 35.5. The lowest BCUT2D eigenvalue weighted by Crippen LogP contribution is -2.14. The van der Waals surface area contributed by atoms with Crippen molar-refractivity contribution >= 4 is 11.6 Å². The molecule has 10 heavy (non-hydrogen) atoms. The molecule has 0 spiro atoms. The van der Waals surface area contributed by atoms with Crippen molar-refractivity contribution in [1.29, 1.82) is 0 Å². The molecule has 1 fully saturated rings. The average Bonchev–Trinajstić information content (AvgIpc) is 2.17. The fourth-order valence-electron chi connectivity index (χ4n) is 1.46. The zero-order valence-electron chi connectivity index (χ0n) is 6.80. The number of alkyl halides is 1. The largest absolute Gasteiger partial charge is 0.359 e. The summed E-state index contributed by atoms with van der Waals surface area (Å²) in [4.78, 5) is 0. The maximum absolute atomic E-state index is 5.91. The van der Waals surface area contributed by atoms with Crippen molar-refractivity contribution in [3.8, 4) is 0 Å². The molecule has 0 bridgehead atoms. The Bertz CT molecular complexity index is 116. The summed E-state index contributed by atoms with van der Waals surface area (Å²) in [6.07, 6.45) is 1.46. The molecule has 0 aromatic heterocycles. The molecular formula is C8H15ClO. The van der Waals surface area contributed by atoms with Crippen molar-refractivity contribution < 1.29 is 4.74 Å². The summed E-state index contributed by atoms with van der Waals surface area (Å²) in [5.74, 6) is 1.12. The van der Waals surface area contributed by atoms with E-state index in [2.05, 4.69) is 20.8 Å². The molecule has 1 nitrogen and oxygen atoms in total. The standard InChI is InChI=1S/C8H15ClO/c1-4-7-5(2)6(3)8(9)10-7/h5-8H,4H2,1-3H3. The van der Waals surface area contributed by atoms with Crippen LogP contribution in [0, 0.1) is 11.8 Å². The molecule has 1 aliphatic heterocycles. The van der Waals surface area contributed by atoms with Crippen LogP contribution in [0.1, 0.15) is 27.2 Å². The molecule has 60 valence electrons. The van der Waals surface area contributed by atoms with E-state index >= 15 is 0 Å². The van der Waals surface area contributed by atoms with Crippen LogP contribution in [0.5, 0.6) is 0 Å². The molecule has 1 aliphatic rings. The second-order valence-corrected chi connectivity index (χ2v) is 3.58. The van der Waals surface area contributed by atoms with Gasteiger partial charge in [0.2, 0.25) is 0 Å². The van der Waals surface area contributed by atoms with Crippen molar-refractivity contribution in [3.63, 3.8) is 0 Å². The van der Waals surface area contributed by atoms with Crippen molar-refractivity contribution in [2.24, 2.45) is 11.8 Å². The third kappa shape index (κ3) is 1.30. The van der Waals surface area contributed by atoms with Gasteiger partial charge in [-0.1, -0.05) is 32.4 Å². The highest BCUT2D eigenvalue weighted by Crippen LogP contribution is 2.35. The number of hydrogen-bond donors (Lipinski definition) is 0. The van der Waals surface area contributed by atoms with Gasteiger partial charge in [0.05, 0.1) is 6.10 Å². The first-order valence-electron chi connectivity index (χ1n) is 3.96. The summed E-state index contributed by atoms with van der Waals surface area (Å²) in [7, 11) is 0. The van der Waals surface area contributed by atoms with Gasteiger partial charge in [-0.2, -0.15) is 0 Å². The molecule has 1 heterocycles. The number of halogens is 1. The molecule has 0 saturated carbocycles. The Morgan fingerprint density at radius 3 is 2.10 bits per heavy atom. The zero-order chi connectivity index (χ0) is 7.72. The van der Waals surface area contributed by atoms with Crippen LogP contribution in [0.25, 0.3) is 0 Å². The van der Waals surface area contributed by atoms with Gasteiger partial charge >= 0.3 is 0 Å². The first-order valence-corrected chi connectivity index (χ1v) is 4.40. The minimum Gasteiger partial charge on any atom is -0.359 e. The van der Waals surface area contributed by atoms with Crippen molar-refractivity contribution in [3.05, 3.63) is 0 Å². The van der Waals surface area contributed by atoms with Crippen LogP contribution in [0.15, 0.2) is 0 Å². The van der Waals surface area contributed by atoms with Crippen LogP contribution < -0.4 is 0 Å². The molecule has 0 radical (unpaired) electrons. The van der Waals surface area contributed by atoms with Gasteiger partial charge in [-0.3, -0.25) is 0 Å². The SMILES string of the molecule is CCC1OC(Cl)C(C)C1C. The van der Waals surface area contributed by atoms with E-state index in [1.54, 1.807) is 0 Å². The predicted molar refractivity (Wildman–Crippen MR) is 43.1 cm³/mol. The number of hydrogen-bond acceptors (Lipinski definition) is 1. The van der Waals surface area contributed by atoms with E-state index in [-0.39, 0.29) is 5.56 Å². The van der Waals surface area contributed by atoms with Gasteiger partial charge in [-0.15, -0.1) is 0 Å². The van der Waals surface area contributed by atoms with Crippen molar-refractivity contribution in [2.45, 2.75) is 38.9 Å². The first-order chi connectivity index (χ1) is 4.66. The summed E-state index contributed by atoms with van der Waals surface area (Å²) in [6.45, 7) is 6.50. The van der Waals surface area contributed by atoms with Crippen LogP contribution >= 0.6 is 11.6 Å².